The lowest BCUT2D eigenvalue weighted by Crippen LogP contribution is -2.14. The number of benzene rings is 1. The molecule has 1 aromatic carbocycles. The second-order valence-corrected chi connectivity index (χ2v) is 4.22. The van der Waals surface area contributed by atoms with Crippen molar-refractivity contribution < 1.29 is 9.90 Å². The fourth-order valence-electron chi connectivity index (χ4n) is 1.71. The molecule has 104 valence electrons. The molecule has 1 amide bonds. The fourth-order valence-corrected chi connectivity index (χ4v) is 1.71. The maximum absolute atomic E-state index is 11.8. The molecule has 20 heavy (non-hydrogen) atoms. The third-order valence-corrected chi connectivity index (χ3v) is 2.69. The predicted molar refractivity (Wildman–Crippen MR) is 69.2 cm³/mol. The minimum Gasteiger partial charge on any atom is -0.505 e. The first-order valence-electron chi connectivity index (χ1n) is 5.73. The van der Waals surface area contributed by atoms with Crippen LogP contribution in [0.25, 0.3) is 0 Å². The van der Waals surface area contributed by atoms with Gasteiger partial charge in [0.1, 0.15) is 11.8 Å². The second-order valence-electron chi connectivity index (χ2n) is 4.22. The summed E-state index contributed by atoms with van der Waals surface area (Å²) >= 11 is 0. The number of amides is 1. The normalized spacial score (nSPS) is 11.9. The number of carbonyl (C=O) groups excluding carboxylic acids is 1. The Bertz CT molecular complexity index is 640. The number of nitrogens with one attached hydrogen (secondary N) is 2. The lowest BCUT2D eigenvalue weighted by Gasteiger charge is -2.13. The zero-order valence-corrected chi connectivity index (χ0v) is 10.8. The van der Waals surface area contributed by atoms with E-state index in [4.69, 9.17) is 0 Å². The van der Waals surface area contributed by atoms with Gasteiger partial charge in [0.05, 0.1) is 5.69 Å². The molecule has 1 atom stereocenters. The summed E-state index contributed by atoms with van der Waals surface area (Å²) in [7, 11) is 0. The minimum atomic E-state index is -0.726. The average molecular weight is 276 g/mol. The Morgan fingerprint density at radius 1 is 1.50 bits per heavy atom. The number of aryl methyl sites for hydroxylation is 1. The van der Waals surface area contributed by atoms with E-state index in [0.29, 0.717) is 5.56 Å². The van der Waals surface area contributed by atoms with Crippen molar-refractivity contribution in [3.63, 3.8) is 0 Å². The molecule has 0 bridgehead atoms. The summed E-state index contributed by atoms with van der Waals surface area (Å²) in [5.74, 6) is -0.995. The fraction of sp³-hybridized carbons (Fsp3) is 0.273. The average Bonchev–Trinajstić information content (AvgIpc) is 2.95. The highest BCUT2D eigenvalue weighted by Crippen LogP contribution is 2.34. The Hall–Kier alpha value is -2.84. The first-order chi connectivity index (χ1) is 9.52. The number of nitroso groups, excluding NO2 is 1. The van der Waals surface area contributed by atoms with Gasteiger partial charge in [-0.1, -0.05) is 5.18 Å². The standard InChI is InChI=1S/C11H12N6O3/c1-5-3-7(6(2)15-20)9(18)8(4-5)12-11(19)10-13-16-17-14-10/h3-4,6,18H,1-2H3,(H,12,19)(H,13,14,16,17). The van der Waals surface area contributed by atoms with E-state index in [2.05, 4.69) is 31.1 Å². The van der Waals surface area contributed by atoms with Gasteiger partial charge in [-0.3, -0.25) is 4.79 Å². The van der Waals surface area contributed by atoms with Gasteiger partial charge in [0.25, 0.3) is 11.7 Å². The van der Waals surface area contributed by atoms with Gasteiger partial charge in [-0.2, -0.15) is 10.1 Å². The van der Waals surface area contributed by atoms with Crippen molar-refractivity contribution in [2.24, 2.45) is 5.18 Å². The molecule has 2 aromatic rings. The molecule has 0 aliphatic carbocycles. The van der Waals surface area contributed by atoms with Crippen LogP contribution in [0.4, 0.5) is 5.69 Å². The Labute approximate surface area is 113 Å². The second kappa shape index (κ2) is 5.43. The summed E-state index contributed by atoms with van der Waals surface area (Å²) in [4.78, 5) is 22.4. The minimum absolute atomic E-state index is 0.158. The van der Waals surface area contributed by atoms with Crippen LogP contribution in [-0.4, -0.2) is 31.6 Å². The Balaban J connectivity index is 2.34. The number of aromatic amines is 1. The van der Waals surface area contributed by atoms with Crippen LogP contribution in [0.2, 0.25) is 0 Å². The monoisotopic (exact) mass is 276 g/mol. The quantitative estimate of drug-likeness (QED) is 0.569. The van der Waals surface area contributed by atoms with Gasteiger partial charge >= 0.3 is 0 Å². The summed E-state index contributed by atoms with van der Waals surface area (Å²) in [5, 5.41) is 27.9. The Morgan fingerprint density at radius 2 is 2.25 bits per heavy atom. The molecule has 9 nitrogen and oxygen atoms in total. The number of hydrogen-bond acceptors (Lipinski definition) is 7. The smallest absolute Gasteiger partial charge is 0.297 e. The Morgan fingerprint density at radius 3 is 2.85 bits per heavy atom. The van der Waals surface area contributed by atoms with Crippen molar-refractivity contribution in [1.29, 1.82) is 0 Å². The van der Waals surface area contributed by atoms with Crippen molar-refractivity contribution in [3.8, 4) is 5.75 Å². The zero-order chi connectivity index (χ0) is 14.7. The van der Waals surface area contributed by atoms with E-state index in [1.165, 1.54) is 0 Å². The number of aromatic hydroxyl groups is 1. The molecule has 0 spiro atoms. The van der Waals surface area contributed by atoms with Crippen LogP contribution in [-0.2, 0) is 0 Å². The highest BCUT2D eigenvalue weighted by Gasteiger charge is 2.18. The molecule has 1 unspecified atom stereocenters. The number of H-pyrrole nitrogens is 1. The number of phenols is 1. The number of phenolic OH excluding ortho intramolecular Hbond substituents is 1. The molecule has 0 aliphatic rings. The molecule has 0 radical (unpaired) electrons. The summed E-state index contributed by atoms with van der Waals surface area (Å²) in [6.45, 7) is 3.32. The molecule has 2 rings (SSSR count). The zero-order valence-electron chi connectivity index (χ0n) is 10.8. The number of tetrazole rings is 1. The molecule has 9 heteroatoms. The van der Waals surface area contributed by atoms with Crippen molar-refractivity contribution in [3.05, 3.63) is 34.0 Å². The van der Waals surface area contributed by atoms with E-state index >= 15 is 0 Å². The maximum atomic E-state index is 11.8. The summed E-state index contributed by atoms with van der Waals surface area (Å²) in [6.07, 6.45) is 0. The molecule has 1 heterocycles. The van der Waals surface area contributed by atoms with Crippen molar-refractivity contribution >= 4 is 11.6 Å². The number of carbonyl (C=O) groups is 1. The van der Waals surface area contributed by atoms with Gasteiger partial charge in [0, 0.05) is 5.56 Å². The molecule has 0 aliphatic heterocycles. The largest absolute Gasteiger partial charge is 0.505 e. The molecule has 0 fully saturated rings. The van der Waals surface area contributed by atoms with Crippen molar-refractivity contribution in [2.75, 3.05) is 5.32 Å². The maximum Gasteiger partial charge on any atom is 0.297 e. The SMILES string of the molecule is Cc1cc(NC(=O)c2nn[nH]n2)c(O)c(C(C)N=O)c1. The number of aromatic nitrogens is 4. The predicted octanol–water partition coefficient (Wildman–Crippen LogP) is 1.29. The third kappa shape index (κ3) is 2.60. The molecule has 3 N–H and O–H groups in total. The molecule has 1 aromatic heterocycles. The van der Waals surface area contributed by atoms with Crippen molar-refractivity contribution in [2.45, 2.75) is 19.9 Å². The molecule has 0 saturated carbocycles. The van der Waals surface area contributed by atoms with Gasteiger partial charge in [-0.05, 0) is 36.8 Å². The summed E-state index contributed by atoms with van der Waals surface area (Å²) in [6, 6.07) is 2.47. The van der Waals surface area contributed by atoms with E-state index in [9.17, 15) is 14.8 Å². The lowest BCUT2D eigenvalue weighted by molar-refractivity contribution is 0.101. The van der Waals surface area contributed by atoms with Crippen LogP contribution < -0.4 is 5.32 Å². The number of anilines is 1. The third-order valence-electron chi connectivity index (χ3n) is 2.69. The first-order valence-corrected chi connectivity index (χ1v) is 5.73. The van der Waals surface area contributed by atoms with E-state index in [-0.39, 0.29) is 17.3 Å². The highest BCUT2D eigenvalue weighted by molar-refractivity contribution is 6.02. The van der Waals surface area contributed by atoms with E-state index in [0.717, 1.165) is 5.56 Å². The number of hydrogen-bond donors (Lipinski definition) is 3. The van der Waals surface area contributed by atoms with Crippen LogP contribution in [0, 0.1) is 11.8 Å². The lowest BCUT2D eigenvalue weighted by atomic mass is 10.0. The summed E-state index contributed by atoms with van der Waals surface area (Å²) < 4.78 is 0. The first kappa shape index (κ1) is 13.6. The van der Waals surface area contributed by atoms with E-state index < -0.39 is 11.9 Å². The van der Waals surface area contributed by atoms with Crippen LogP contribution in [0.3, 0.4) is 0 Å². The Kier molecular flexibility index (Phi) is 3.69. The van der Waals surface area contributed by atoms with Crippen LogP contribution >= 0.6 is 0 Å². The molecular weight excluding hydrogens is 264 g/mol. The molecular formula is C11H12N6O3. The number of rotatable bonds is 4. The van der Waals surface area contributed by atoms with Crippen molar-refractivity contribution in [1.82, 2.24) is 20.6 Å². The van der Waals surface area contributed by atoms with Gasteiger partial charge < -0.3 is 10.4 Å². The topological polar surface area (TPSA) is 133 Å². The van der Waals surface area contributed by atoms with Crippen LogP contribution in [0.5, 0.6) is 5.75 Å². The van der Waals surface area contributed by atoms with Gasteiger partial charge in [0.2, 0.25) is 0 Å². The van der Waals surface area contributed by atoms with E-state index in [1.54, 1.807) is 26.0 Å². The van der Waals surface area contributed by atoms with Crippen LogP contribution in [0.1, 0.15) is 34.7 Å². The van der Waals surface area contributed by atoms with Gasteiger partial charge in [-0.25, -0.2) is 0 Å². The number of nitrogens with zero attached hydrogens (tertiary/aromatic N) is 4. The summed E-state index contributed by atoms with van der Waals surface area (Å²) in [5.41, 5.74) is 1.26. The van der Waals surface area contributed by atoms with E-state index in [1.807, 2.05) is 0 Å². The highest BCUT2D eigenvalue weighted by atomic mass is 16.3. The van der Waals surface area contributed by atoms with Gasteiger partial charge in [0.15, 0.2) is 0 Å². The van der Waals surface area contributed by atoms with Gasteiger partial charge in [-0.15, -0.1) is 10.2 Å². The molecule has 0 saturated heterocycles. The van der Waals surface area contributed by atoms with Crippen LogP contribution in [0.15, 0.2) is 17.3 Å².